The summed E-state index contributed by atoms with van der Waals surface area (Å²) in [6, 6.07) is 16.8. The molecule has 254 valence electrons. The summed E-state index contributed by atoms with van der Waals surface area (Å²) in [5.41, 5.74) is 2.57. The lowest BCUT2D eigenvalue weighted by atomic mass is 9.65. The van der Waals surface area contributed by atoms with Crippen LogP contribution in [0.4, 0.5) is 0 Å². The Labute approximate surface area is 286 Å². The number of para-hydroxylation sites is 1. The summed E-state index contributed by atoms with van der Waals surface area (Å²) in [4.78, 5) is 49.6. The topological polar surface area (TPSA) is 112 Å². The Morgan fingerprint density at radius 3 is 2.46 bits per heavy atom. The molecule has 3 aliphatic heterocycles. The number of amides is 3. The van der Waals surface area contributed by atoms with E-state index in [0.29, 0.717) is 32.5 Å². The van der Waals surface area contributed by atoms with E-state index in [1.54, 1.807) is 38.4 Å². The van der Waals surface area contributed by atoms with Gasteiger partial charge in [0.2, 0.25) is 17.7 Å². The summed E-state index contributed by atoms with van der Waals surface area (Å²) in [5.74, 6) is -1.37. The van der Waals surface area contributed by atoms with Gasteiger partial charge in [-0.2, -0.15) is 0 Å². The molecule has 0 aliphatic carbocycles. The summed E-state index contributed by atoms with van der Waals surface area (Å²) >= 11 is 1.70. The van der Waals surface area contributed by atoms with Crippen molar-refractivity contribution < 1.29 is 19.5 Å². The third kappa shape index (κ3) is 6.07. The fraction of sp³-hybridized carbons (Fsp3) is 0.486. The first kappa shape index (κ1) is 33.9. The first-order chi connectivity index (χ1) is 23.3. The third-order valence-corrected chi connectivity index (χ3v) is 12.4. The van der Waals surface area contributed by atoms with Crippen molar-refractivity contribution in [2.75, 3.05) is 26.2 Å². The number of unbranched alkanes of at least 4 members (excludes halogenated alkanes) is 3. The SMILES string of the molecule is C=CCN(Cn1nnc2ccccc21)C(=O)C1N(CCCCCCO)C(=O)[C@@H]2[C@H](C(=O)N(CC=C)Cc3ccccc3)[C@@H]3CC(C)C12S3. The van der Waals surface area contributed by atoms with Crippen molar-refractivity contribution in [1.82, 2.24) is 29.7 Å². The lowest BCUT2D eigenvalue weighted by Gasteiger charge is -2.41. The third-order valence-electron chi connectivity index (χ3n) is 10.3. The van der Waals surface area contributed by atoms with Crippen LogP contribution in [0.15, 0.2) is 79.9 Å². The van der Waals surface area contributed by atoms with E-state index in [0.717, 1.165) is 35.9 Å². The second kappa shape index (κ2) is 14.7. The molecule has 3 unspecified atom stereocenters. The van der Waals surface area contributed by atoms with Gasteiger partial charge >= 0.3 is 0 Å². The number of likely N-dealkylation sites (tertiary alicyclic amines) is 1. The highest BCUT2D eigenvalue weighted by atomic mass is 32.2. The summed E-state index contributed by atoms with van der Waals surface area (Å²) < 4.78 is 0.980. The van der Waals surface area contributed by atoms with E-state index in [1.165, 1.54) is 0 Å². The monoisotopic (exact) mass is 670 g/mol. The maximum Gasteiger partial charge on any atom is 0.248 e. The minimum absolute atomic E-state index is 0.0450. The highest BCUT2D eigenvalue weighted by Gasteiger charge is 2.76. The number of hydrogen-bond donors (Lipinski definition) is 1. The number of fused-ring (bicyclic) bond motifs is 2. The molecule has 11 heteroatoms. The summed E-state index contributed by atoms with van der Waals surface area (Å²) in [7, 11) is 0. The maximum atomic E-state index is 15.0. The average molecular weight is 671 g/mol. The van der Waals surface area contributed by atoms with Crippen LogP contribution < -0.4 is 0 Å². The molecule has 6 atom stereocenters. The van der Waals surface area contributed by atoms with Crippen LogP contribution >= 0.6 is 11.8 Å². The Bertz CT molecular complexity index is 1650. The number of nitrogens with zero attached hydrogens (tertiary/aromatic N) is 6. The van der Waals surface area contributed by atoms with Gasteiger partial charge in [0.25, 0.3) is 0 Å². The molecule has 3 aliphatic rings. The molecule has 2 aromatic carbocycles. The molecular weight excluding hydrogens is 625 g/mol. The van der Waals surface area contributed by atoms with E-state index in [-0.39, 0.29) is 48.7 Å². The minimum Gasteiger partial charge on any atom is -0.396 e. The van der Waals surface area contributed by atoms with Gasteiger partial charge in [0.1, 0.15) is 18.2 Å². The zero-order chi connectivity index (χ0) is 33.8. The smallest absolute Gasteiger partial charge is 0.248 e. The zero-order valence-corrected chi connectivity index (χ0v) is 28.5. The second-order valence-electron chi connectivity index (χ2n) is 13.3. The number of thioether (sulfide) groups is 1. The molecule has 3 fully saturated rings. The van der Waals surface area contributed by atoms with Gasteiger partial charge in [-0.25, -0.2) is 4.68 Å². The number of benzene rings is 2. The number of aliphatic hydroxyl groups is 1. The van der Waals surface area contributed by atoms with Gasteiger partial charge < -0.3 is 19.8 Å². The first-order valence-corrected chi connectivity index (χ1v) is 17.9. The van der Waals surface area contributed by atoms with E-state index < -0.39 is 22.6 Å². The number of carbonyl (C=O) groups excluding carboxylic acids is 3. The largest absolute Gasteiger partial charge is 0.396 e. The molecule has 6 rings (SSSR count). The van der Waals surface area contributed by atoms with E-state index in [9.17, 15) is 19.5 Å². The van der Waals surface area contributed by atoms with Crippen LogP contribution in [0.1, 0.15) is 44.6 Å². The van der Waals surface area contributed by atoms with Crippen LogP contribution in [0.3, 0.4) is 0 Å². The summed E-state index contributed by atoms with van der Waals surface area (Å²) in [5, 5.41) is 17.9. The molecule has 0 saturated carbocycles. The van der Waals surface area contributed by atoms with E-state index in [4.69, 9.17) is 0 Å². The molecule has 2 bridgehead atoms. The standard InChI is InChI=1S/C37H46N6O4S/c1-4-19-40(24-27-15-9-8-10-16-27)34(45)31-30-23-26(3)37(48-30)32(31)35(46)42(21-13-6-7-14-22-44)33(37)36(47)41(20-5-2)25-43-29-18-12-11-17-28(29)38-39-43/h4-5,8-12,15-18,26,30-33,44H,1-2,6-7,13-14,19-25H2,3H3/t26?,30-,31+,32-,33?,37?/m0/s1. The van der Waals surface area contributed by atoms with Gasteiger partial charge in [-0.3, -0.25) is 14.4 Å². The quantitative estimate of drug-likeness (QED) is 0.176. The van der Waals surface area contributed by atoms with Crippen LogP contribution in [0.25, 0.3) is 11.0 Å². The van der Waals surface area contributed by atoms with Crippen molar-refractivity contribution in [1.29, 1.82) is 0 Å². The predicted molar refractivity (Wildman–Crippen MR) is 187 cm³/mol. The molecule has 48 heavy (non-hydrogen) atoms. The van der Waals surface area contributed by atoms with Crippen LogP contribution in [0.2, 0.25) is 0 Å². The molecule has 3 aromatic rings. The number of carbonyl (C=O) groups is 3. The fourth-order valence-corrected chi connectivity index (χ4v) is 10.6. The molecule has 3 saturated heterocycles. The lowest BCUT2D eigenvalue weighted by molar-refractivity contribution is -0.145. The van der Waals surface area contributed by atoms with Crippen LogP contribution in [-0.4, -0.2) is 94.8 Å². The van der Waals surface area contributed by atoms with Gasteiger partial charge in [0.15, 0.2) is 0 Å². The molecule has 1 spiro atoms. The number of aromatic nitrogens is 3. The normalized spacial score (nSPS) is 25.8. The summed E-state index contributed by atoms with van der Waals surface area (Å²) in [6.07, 6.45) is 7.30. The Hall–Kier alpha value is -3.96. The van der Waals surface area contributed by atoms with E-state index >= 15 is 0 Å². The Kier molecular flexibility index (Phi) is 10.4. The van der Waals surface area contributed by atoms with Gasteiger partial charge in [-0.1, -0.05) is 79.6 Å². The average Bonchev–Trinajstić information content (AvgIpc) is 3.81. The molecule has 1 aromatic heterocycles. The minimum atomic E-state index is -0.735. The van der Waals surface area contributed by atoms with Crippen LogP contribution in [0.5, 0.6) is 0 Å². The highest BCUT2D eigenvalue weighted by Crippen LogP contribution is 2.69. The van der Waals surface area contributed by atoms with Crippen molar-refractivity contribution in [2.24, 2.45) is 17.8 Å². The first-order valence-electron chi connectivity index (χ1n) is 17.1. The lowest BCUT2D eigenvalue weighted by Crippen LogP contribution is -2.57. The van der Waals surface area contributed by atoms with Crippen molar-refractivity contribution in [2.45, 2.75) is 68.3 Å². The van der Waals surface area contributed by atoms with Gasteiger partial charge in [0.05, 0.1) is 22.1 Å². The molecule has 1 N–H and O–H groups in total. The number of hydrogen-bond acceptors (Lipinski definition) is 7. The van der Waals surface area contributed by atoms with Crippen molar-refractivity contribution in [3.63, 3.8) is 0 Å². The van der Waals surface area contributed by atoms with Crippen molar-refractivity contribution >= 4 is 40.5 Å². The fourth-order valence-electron chi connectivity index (χ4n) is 8.20. The number of aliphatic hydroxyl groups excluding tert-OH is 1. The predicted octanol–water partition coefficient (Wildman–Crippen LogP) is 4.51. The van der Waals surface area contributed by atoms with E-state index in [1.807, 2.05) is 59.5 Å². The highest BCUT2D eigenvalue weighted by molar-refractivity contribution is 8.02. The Morgan fingerprint density at radius 2 is 1.71 bits per heavy atom. The Morgan fingerprint density at radius 1 is 1.00 bits per heavy atom. The van der Waals surface area contributed by atoms with Crippen LogP contribution in [-0.2, 0) is 27.6 Å². The maximum absolute atomic E-state index is 15.0. The second-order valence-corrected chi connectivity index (χ2v) is 14.8. The van der Waals surface area contributed by atoms with Crippen LogP contribution in [0, 0.1) is 17.8 Å². The Balaban J connectivity index is 1.35. The summed E-state index contributed by atoms with van der Waals surface area (Å²) in [6.45, 7) is 11.8. The van der Waals surface area contributed by atoms with E-state index in [2.05, 4.69) is 30.4 Å². The number of rotatable bonds is 16. The van der Waals surface area contributed by atoms with Gasteiger partial charge in [-0.05, 0) is 42.9 Å². The van der Waals surface area contributed by atoms with Gasteiger partial charge in [-0.15, -0.1) is 30.0 Å². The van der Waals surface area contributed by atoms with Gasteiger partial charge in [0, 0.05) is 38.0 Å². The molecule has 0 radical (unpaired) electrons. The molecule has 3 amide bonds. The zero-order valence-electron chi connectivity index (χ0n) is 27.7. The molecule has 4 heterocycles. The van der Waals surface area contributed by atoms with Crippen molar-refractivity contribution in [3.8, 4) is 0 Å². The molecule has 10 nitrogen and oxygen atoms in total. The molecular formula is C37H46N6O4S. The van der Waals surface area contributed by atoms with Crippen molar-refractivity contribution in [3.05, 3.63) is 85.5 Å².